The number of rotatable bonds is 7. The van der Waals surface area contributed by atoms with E-state index in [2.05, 4.69) is 0 Å². The van der Waals surface area contributed by atoms with E-state index in [9.17, 15) is 0 Å². The van der Waals surface area contributed by atoms with Crippen LogP contribution in [0, 0.1) is 0 Å². The van der Waals surface area contributed by atoms with Crippen molar-refractivity contribution in [2.45, 2.75) is 0 Å². The Hall–Kier alpha value is -2.93. The van der Waals surface area contributed by atoms with E-state index in [1.807, 2.05) is 55.4 Å². The lowest BCUT2D eigenvalue weighted by Crippen LogP contribution is -2.07. The van der Waals surface area contributed by atoms with Gasteiger partial charge in [0.2, 0.25) is 5.75 Å². The molecule has 0 radical (unpaired) electrons. The zero-order valence-corrected chi connectivity index (χ0v) is 17.7. The van der Waals surface area contributed by atoms with Gasteiger partial charge in [0.1, 0.15) is 5.75 Å². The first-order valence-corrected chi connectivity index (χ1v) is 9.47. The number of aromatic nitrogens is 1. The number of nitrogens with zero attached hydrogens (tertiary/aromatic N) is 2. The first-order chi connectivity index (χ1) is 13.5. The fourth-order valence-electron chi connectivity index (χ4n) is 2.85. The van der Waals surface area contributed by atoms with Crippen LogP contribution < -0.4 is 23.8 Å². The number of hydrogen-bond acceptors (Lipinski definition) is 7. The van der Waals surface area contributed by atoms with Crippen LogP contribution in [0.15, 0.2) is 36.4 Å². The van der Waals surface area contributed by atoms with Gasteiger partial charge in [-0.2, -0.15) is 0 Å². The predicted octanol–water partition coefficient (Wildman–Crippen LogP) is 4.58. The van der Waals surface area contributed by atoms with Crippen LogP contribution in [0.25, 0.3) is 21.7 Å². The van der Waals surface area contributed by atoms with Crippen molar-refractivity contribution >= 4 is 16.5 Å². The van der Waals surface area contributed by atoms with E-state index in [4.69, 9.17) is 23.9 Å². The molecule has 3 rings (SSSR count). The summed E-state index contributed by atoms with van der Waals surface area (Å²) in [7, 11) is 10.4. The third-order valence-corrected chi connectivity index (χ3v) is 5.56. The Morgan fingerprint density at radius 3 is 1.86 bits per heavy atom. The number of ether oxygens (including phenoxy) is 4. The smallest absolute Gasteiger partial charge is 0.203 e. The molecule has 0 N–H and O–H groups in total. The fourth-order valence-corrected chi connectivity index (χ4v) is 3.87. The maximum atomic E-state index is 5.51. The number of thiazole rings is 1. The van der Waals surface area contributed by atoms with Crippen LogP contribution in [-0.2, 0) is 0 Å². The van der Waals surface area contributed by atoms with Gasteiger partial charge < -0.3 is 23.8 Å². The van der Waals surface area contributed by atoms with Crippen molar-refractivity contribution in [1.82, 2.24) is 4.98 Å². The van der Waals surface area contributed by atoms with Crippen molar-refractivity contribution in [2.75, 3.05) is 47.4 Å². The van der Waals surface area contributed by atoms with Crippen LogP contribution in [0.5, 0.6) is 23.0 Å². The van der Waals surface area contributed by atoms with Crippen molar-refractivity contribution in [2.24, 2.45) is 0 Å². The van der Waals surface area contributed by atoms with Gasteiger partial charge in [-0.05, 0) is 42.0 Å². The molecule has 6 nitrogen and oxygen atoms in total. The standard InChI is InChI=1S/C21H24N2O4S/c1-23(2)21-22-18(20(28-21)13-7-9-15(24-3)10-8-13)14-11-16(25-4)19(27-6)17(12-14)26-5/h7-12H,1-6H3. The van der Waals surface area contributed by atoms with E-state index in [1.165, 1.54) is 0 Å². The van der Waals surface area contributed by atoms with Gasteiger partial charge in [-0.25, -0.2) is 4.98 Å². The molecule has 0 amide bonds. The predicted molar refractivity (Wildman–Crippen MR) is 114 cm³/mol. The Morgan fingerprint density at radius 2 is 1.39 bits per heavy atom. The fraction of sp³-hybridized carbons (Fsp3) is 0.286. The van der Waals surface area contributed by atoms with Crippen molar-refractivity contribution < 1.29 is 18.9 Å². The minimum atomic E-state index is 0.558. The highest BCUT2D eigenvalue weighted by Gasteiger charge is 2.20. The molecule has 7 heteroatoms. The Morgan fingerprint density at radius 1 is 0.786 bits per heavy atom. The quantitative estimate of drug-likeness (QED) is 0.579. The van der Waals surface area contributed by atoms with Gasteiger partial charge in [-0.3, -0.25) is 0 Å². The zero-order chi connectivity index (χ0) is 20.3. The molecular formula is C21H24N2O4S. The Labute approximate surface area is 169 Å². The molecule has 0 saturated heterocycles. The maximum absolute atomic E-state index is 5.51. The number of benzene rings is 2. The molecule has 0 aliphatic rings. The second-order valence-electron chi connectivity index (χ2n) is 6.21. The molecule has 3 aromatic rings. The van der Waals surface area contributed by atoms with Crippen molar-refractivity contribution in [3.8, 4) is 44.7 Å². The minimum Gasteiger partial charge on any atom is -0.497 e. The summed E-state index contributed by atoms with van der Waals surface area (Å²) in [5, 5.41) is 0.912. The topological polar surface area (TPSA) is 53.1 Å². The molecule has 1 aromatic heterocycles. The highest BCUT2D eigenvalue weighted by molar-refractivity contribution is 7.19. The summed E-state index contributed by atoms with van der Waals surface area (Å²) in [5.74, 6) is 2.56. The monoisotopic (exact) mass is 400 g/mol. The van der Waals surface area contributed by atoms with E-state index in [0.29, 0.717) is 17.2 Å². The summed E-state index contributed by atoms with van der Waals surface area (Å²) >= 11 is 1.63. The summed E-state index contributed by atoms with van der Waals surface area (Å²) in [6.07, 6.45) is 0. The first-order valence-electron chi connectivity index (χ1n) is 8.65. The molecule has 0 atom stereocenters. The molecule has 2 aromatic carbocycles. The van der Waals surface area contributed by atoms with Crippen LogP contribution in [0.3, 0.4) is 0 Å². The number of methoxy groups -OCH3 is 4. The molecule has 0 bridgehead atoms. The summed E-state index contributed by atoms with van der Waals surface area (Å²) in [6, 6.07) is 11.8. The summed E-state index contributed by atoms with van der Waals surface area (Å²) < 4.78 is 21.8. The van der Waals surface area contributed by atoms with E-state index in [0.717, 1.165) is 32.6 Å². The lowest BCUT2D eigenvalue weighted by Gasteiger charge is -2.14. The van der Waals surface area contributed by atoms with Gasteiger partial charge in [-0.1, -0.05) is 11.3 Å². The minimum absolute atomic E-state index is 0.558. The first kappa shape index (κ1) is 19.8. The second kappa shape index (κ2) is 8.39. The largest absolute Gasteiger partial charge is 0.497 e. The summed E-state index contributed by atoms with van der Waals surface area (Å²) in [5.41, 5.74) is 2.82. The molecule has 0 aliphatic heterocycles. The molecule has 0 fully saturated rings. The van der Waals surface area contributed by atoms with Gasteiger partial charge >= 0.3 is 0 Å². The third-order valence-electron chi connectivity index (χ3n) is 4.29. The normalized spacial score (nSPS) is 10.5. The lowest BCUT2D eigenvalue weighted by atomic mass is 10.1. The van der Waals surface area contributed by atoms with Crippen LogP contribution in [-0.4, -0.2) is 47.5 Å². The second-order valence-corrected chi connectivity index (χ2v) is 7.19. The number of hydrogen-bond donors (Lipinski definition) is 0. The van der Waals surface area contributed by atoms with Gasteiger partial charge in [0.05, 0.1) is 39.0 Å². The number of anilines is 1. The Bertz CT molecular complexity index is 927. The van der Waals surface area contributed by atoms with Gasteiger partial charge in [0, 0.05) is 19.7 Å². The van der Waals surface area contributed by atoms with Crippen molar-refractivity contribution in [3.05, 3.63) is 36.4 Å². The molecular weight excluding hydrogens is 376 g/mol. The average Bonchev–Trinajstić information content (AvgIpc) is 3.18. The van der Waals surface area contributed by atoms with E-state index >= 15 is 0 Å². The third kappa shape index (κ3) is 3.71. The van der Waals surface area contributed by atoms with Crippen molar-refractivity contribution in [1.29, 1.82) is 0 Å². The molecule has 0 aliphatic carbocycles. The Kier molecular flexibility index (Phi) is 5.94. The van der Waals surface area contributed by atoms with Crippen LogP contribution >= 0.6 is 11.3 Å². The molecule has 0 unspecified atom stereocenters. The van der Waals surface area contributed by atoms with E-state index in [-0.39, 0.29) is 0 Å². The highest BCUT2D eigenvalue weighted by atomic mass is 32.1. The molecule has 0 saturated carbocycles. The van der Waals surface area contributed by atoms with Crippen molar-refractivity contribution in [3.63, 3.8) is 0 Å². The molecule has 0 spiro atoms. The highest BCUT2D eigenvalue weighted by Crippen LogP contribution is 2.45. The van der Waals surface area contributed by atoms with Gasteiger partial charge in [0.25, 0.3) is 0 Å². The Balaban J connectivity index is 2.20. The average molecular weight is 401 g/mol. The maximum Gasteiger partial charge on any atom is 0.203 e. The van der Waals surface area contributed by atoms with Gasteiger partial charge in [-0.15, -0.1) is 0 Å². The van der Waals surface area contributed by atoms with E-state index in [1.54, 1.807) is 39.8 Å². The van der Waals surface area contributed by atoms with Gasteiger partial charge in [0.15, 0.2) is 16.6 Å². The van der Waals surface area contributed by atoms with Crippen LogP contribution in [0.4, 0.5) is 5.13 Å². The summed E-state index contributed by atoms with van der Waals surface area (Å²) in [4.78, 5) is 7.92. The van der Waals surface area contributed by atoms with Crippen LogP contribution in [0.2, 0.25) is 0 Å². The van der Waals surface area contributed by atoms with Crippen LogP contribution in [0.1, 0.15) is 0 Å². The zero-order valence-electron chi connectivity index (χ0n) is 16.9. The van der Waals surface area contributed by atoms with E-state index < -0.39 is 0 Å². The molecule has 28 heavy (non-hydrogen) atoms. The SMILES string of the molecule is COc1ccc(-c2sc(N(C)C)nc2-c2cc(OC)c(OC)c(OC)c2)cc1. The molecule has 1 heterocycles. The lowest BCUT2D eigenvalue weighted by molar-refractivity contribution is 0.324. The summed E-state index contributed by atoms with van der Waals surface area (Å²) in [6.45, 7) is 0. The molecule has 148 valence electrons.